The van der Waals surface area contributed by atoms with Gasteiger partial charge in [0.25, 0.3) is 0 Å². The zero-order valence-electron chi connectivity index (χ0n) is 14.8. The van der Waals surface area contributed by atoms with Gasteiger partial charge in [0.1, 0.15) is 5.82 Å². The highest BCUT2D eigenvalue weighted by atomic mass is 32.2. The van der Waals surface area contributed by atoms with E-state index in [1.165, 1.54) is 0 Å². The summed E-state index contributed by atoms with van der Waals surface area (Å²) in [7, 11) is -1.25. The first kappa shape index (κ1) is 18.1. The van der Waals surface area contributed by atoms with Crippen LogP contribution in [0, 0.1) is 0 Å². The Kier molecular flexibility index (Phi) is 5.29. The van der Waals surface area contributed by atoms with Gasteiger partial charge in [-0.05, 0) is 25.5 Å². The number of sulfone groups is 1. The number of hydrogen-bond donors (Lipinski definition) is 0. The van der Waals surface area contributed by atoms with E-state index in [0.29, 0.717) is 6.42 Å². The maximum Gasteiger partial charge on any atom is 0.239 e. The second kappa shape index (κ2) is 7.29. The topological polar surface area (TPSA) is 73.8 Å². The summed E-state index contributed by atoms with van der Waals surface area (Å²) >= 11 is 0. The fourth-order valence-corrected chi connectivity index (χ4v) is 5.37. The third kappa shape index (κ3) is 4.12. The third-order valence-electron chi connectivity index (χ3n) is 5.30. The summed E-state index contributed by atoms with van der Waals surface area (Å²) in [5.41, 5.74) is 0. The van der Waals surface area contributed by atoms with Crippen molar-refractivity contribution >= 4 is 21.6 Å². The summed E-state index contributed by atoms with van der Waals surface area (Å²) in [5, 5.41) is 0. The van der Waals surface area contributed by atoms with E-state index in [-0.39, 0.29) is 29.5 Å². The zero-order chi connectivity index (χ0) is 18.0. The number of likely N-dealkylation sites (N-methyl/N-ethyl adjacent to an activating group) is 1. The molecule has 0 spiro atoms. The van der Waals surface area contributed by atoms with Crippen molar-refractivity contribution in [3.63, 3.8) is 0 Å². The Morgan fingerprint density at radius 3 is 2.56 bits per heavy atom. The van der Waals surface area contributed by atoms with E-state index in [1.54, 1.807) is 18.1 Å². The van der Waals surface area contributed by atoms with Crippen LogP contribution in [0.15, 0.2) is 24.4 Å². The molecule has 0 bridgehead atoms. The lowest BCUT2D eigenvalue weighted by Crippen LogP contribution is -2.55. The second-order valence-electron chi connectivity index (χ2n) is 6.89. The van der Waals surface area contributed by atoms with Crippen LogP contribution in [0.25, 0.3) is 0 Å². The lowest BCUT2D eigenvalue weighted by atomic mass is 10.1. The van der Waals surface area contributed by atoms with E-state index in [9.17, 15) is 13.2 Å². The fraction of sp³-hybridized carbons (Fsp3) is 0.647. The maximum absolute atomic E-state index is 12.8. The van der Waals surface area contributed by atoms with Crippen molar-refractivity contribution in [1.82, 2.24) is 14.8 Å². The summed E-state index contributed by atoms with van der Waals surface area (Å²) in [6.45, 7) is 5.16. The van der Waals surface area contributed by atoms with Gasteiger partial charge in [0, 0.05) is 45.5 Å². The van der Waals surface area contributed by atoms with Gasteiger partial charge in [-0.15, -0.1) is 0 Å². The maximum atomic E-state index is 12.8. The van der Waals surface area contributed by atoms with Crippen LogP contribution < -0.4 is 4.90 Å². The Bertz CT molecular complexity index is 702. The molecule has 0 aromatic carbocycles. The molecular formula is C17H26N4O3S. The quantitative estimate of drug-likeness (QED) is 0.760. The van der Waals surface area contributed by atoms with Crippen molar-refractivity contribution in [2.24, 2.45) is 0 Å². The van der Waals surface area contributed by atoms with Crippen molar-refractivity contribution in [3.8, 4) is 0 Å². The summed E-state index contributed by atoms with van der Waals surface area (Å²) in [5.74, 6) is 1.25. The molecule has 1 amide bonds. The van der Waals surface area contributed by atoms with Crippen LogP contribution in [0.4, 0.5) is 5.82 Å². The standard InChI is InChI=1S/C17H26N4O3S/c1-14(17(22)19(2)15-6-12-25(23,24)13-15)20-8-10-21(11-9-20)16-5-3-4-7-18-16/h3-5,7,14-15H,6,8-13H2,1-2H3/t14-,15-/m1/s1. The molecule has 0 saturated carbocycles. The van der Waals surface area contributed by atoms with Gasteiger partial charge in [-0.2, -0.15) is 0 Å². The van der Waals surface area contributed by atoms with Gasteiger partial charge in [0.05, 0.1) is 17.5 Å². The van der Waals surface area contributed by atoms with Crippen LogP contribution in [0.5, 0.6) is 0 Å². The lowest BCUT2D eigenvalue weighted by molar-refractivity contribution is -0.136. The van der Waals surface area contributed by atoms with Gasteiger partial charge in [-0.1, -0.05) is 6.07 Å². The van der Waals surface area contributed by atoms with Gasteiger partial charge < -0.3 is 9.80 Å². The Hall–Kier alpha value is -1.67. The first-order valence-corrected chi connectivity index (χ1v) is 10.6. The number of amides is 1. The fourth-order valence-electron chi connectivity index (χ4n) is 3.59. The van der Waals surface area contributed by atoms with Gasteiger partial charge in [0.2, 0.25) is 5.91 Å². The monoisotopic (exact) mass is 366 g/mol. The molecule has 2 atom stereocenters. The van der Waals surface area contributed by atoms with E-state index >= 15 is 0 Å². The highest BCUT2D eigenvalue weighted by molar-refractivity contribution is 7.91. The smallest absolute Gasteiger partial charge is 0.239 e. The van der Waals surface area contributed by atoms with Crippen LogP contribution >= 0.6 is 0 Å². The number of pyridine rings is 1. The summed E-state index contributed by atoms with van der Waals surface area (Å²) < 4.78 is 23.3. The molecule has 2 saturated heterocycles. The number of carbonyl (C=O) groups is 1. The number of nitrogens with zero attached hydrogens (tertiary/aromatic N) is 4. The molecule has 1 aromatic heterocycles. The average Bonchev–Trinajstić information content (AvgIpc) is 3.00. The van der Waals surface area contributed by atoms with Gasteiger partial charge in [0.15, 0.2) is 9.84 Å². The molecule has 2 aliphatic rings. The van der Waals surface area contributed by atoms with E-state index in [2.05, 4.69) is 14.8 Å². The molecule has 8 heteroatoms. The molecule has 25 heavy (non-hydrogen) atoms. The zero-order valence-corrected chi connectivity index (χ0v) is 15.7. The predicted octanol–water partition coefficient (Wildman–Crippen LogP) is 0.238. The van der Waals surface area contributed by atoms with Crippen LogP contribution in [0.2, 0.25) is 0 Å². The number of anilines is 1. The van der Waals surface area contributed by atoms with E-state index in [1.807, 2.05) is 25.1 Å². The minimum absolute atomic E-state index is 0.00776. The van der Waals surface area contributed by atoms with Crippen molar-refractivity contribution in [2.45, 2.75) is 25.4 Å². The Morgan fingerprint density at radius 2 is 2.00 bits per heavy atom. The van der Waals surface area contributed by atoms with Crippen molar-refractivity contribution < 1.29 is 13.2 Å². The van der Waals surface area contributed by atoms with Crippen LogP contribution in [0.1, 0.15) is 13.3 Å². The Balaban J connectivity index is 1.55. The van der Waals surface area contributed by atoms with Crippen LogP contribution in [0.3, 0.4) is 0 Å². The summed E-state index contributed by atoms with van der Waals surface area (Å²) in [4.78, 5) is 23.2. The van der Waals surface area contributed by atoms with Crippen molar-refractivity contribution in [3.05, 3.63) is 24.4 Å². The Morgan fingerprint density at radius 1 is 1.28 bits per heavy atom. The number of carbonyl (C=O) groups excluding carboxylic acids is 1. The molecule has 0 radical (unpaired) electrons. The van der Waals surface area contributed by atoms with Gasteiger partial charge >= 0.3 is 0 Å². The van der Waals surface area contributed by atoms with Crippen molar-refractivity contribution in [1.29, 1.82) is 0 Å². The van der Waals surface area contributed by atoms with Gasteiger partial charge in [-0.3, -0.25) is 9.69 Å². The summed E-state index contributed by atoms with van der Waals surface area (Å²) in [6, 6.07) is 5.46. The van der Waals surface area contributed by atoms with Crippen LogP contribution in [-0.4, -0.2) is 85.9 Å². The van der Waals surface area contributed by atoms with E-state index in [4.69, 9.17) is 0 Å². The highest BCUT2D eigenvalue weighted by Gasteiger charge is 2.35. The number of piperazine rings is 1. The predicted molar refractivity (Wildman–Crippen MR) is 97.3 cm³/mol. The summed E-state index contributed by atoms with van der Waals surface area (Å²) in [6.07, 6.45) is 2.34. The average molecular weight is 366 g/mol. The SMILES string of the molecule is C[C@H](C(=O)N(C)[C@@H]1CCS(=O)(=O)C1)N1CCN(c2ccccn2)CC1. The molecule has 3 heterocycles. The molecule has 0 aliphatic carbocycles. The molecule has 1 aromatic rings. The number of hydrogen-bond acceptors (Lipinski definition) is 6. The third-order valence-corrected chi connectivity index (χ3v) is 7.05. The first-order chi connectivity index (χ1) is 11.9. The lowest BCUT2D eigenvalue weighted by Gasteiger charge is -2.39. The molecule has 0 unspecified atom stereocenters. The number of aromatic nitrogens is 1. The van der Waals surface area contributed by atoms with E-state index in [0.717, 1.165) is 32.0 Å². The molecule has 7 nitrogen and oxygen atoms in total. The normalized spacial score (nSPS) is 24.9. The largest absolute Gasteiger partial charge is 0.354 e. The molecule has 3 rings (SSSR count). The molecular weight excluding hydrogens is 340 g/mol. The highest BCUT2D eigenvalue weighted by Crippen LogP contribution is 2.19. The minimum Gasteiger partial charge on any atom is -0.354 e. The first-order valence-electron chi connectivity index (χ1n) is 8.74. The Labute approximate surface area is 149 Å². The van der Waals surface area contributed by atoms with E-state index < -0.39 is 9.84 Å². The molecule has 0 N–H and O–H groups in total. The number of rotatable bonds is 4. The minimum atomic E-state index is -2.98. The van der Waals surface area contributed by atoms with Crippen LogP contribution in [-0.2, 0) is 14.6 Å². The second-order valence-corrected chi connectivity index (χ2v) is 9.12. The van der Waals surface area contributed by atoms with Crippen molar-refractivity contribution in [2.75, 3.05) is 49.6 Å². The molecule has 138 valence electrons. The van der Waals surface area contributed by atoms with Gasteiger partial charge in [-0.25, -0.2) is 13.4 Å². The molecule has 2 fully saturated rings. The molecule has 2 aliphatic heterocycles.